The lowest BCUT2D eigenvalue weighted by Crippen LogP contribution is -2.30. The zero-order chi connectivity index (χ0) is 13.7. The summed E-state index contributed by atoms with van der Waals surface area (Å²) >= 11 is 8.90. The van der Waals surface area contributed by atoms with Gasteiger partial charge in [0.1, 0.15) is 5.15 Å². The molecule has 0 aromatic carbocycles. The summed E-state index contributed by atoms with van der Waals surface area (Å²) < 4.78 is 0.600. The molecule has 0 saturated heterocycles. The fourth-order valence-electron chi connectivity index (χ4n) is 1.12. The average Bonchev–Trinajstić information content (AvgIpc) is 2.31. The average molecular weight is 338 g/mol. The number of aromatic nitrogens is 1. The molecule has 0 aliphatic heterocycles. The summed E-state index contributed by atoms with van der Waals surface area (Å²) in [6.07, 6.45) is -0.130. The van der Waals surface area contributed by atoms with Gasteiger partial charge in [0.2, 0.25) is 0 Å². The van der Waals surface area contributed by atoms with Crippen LogP contribution in [0.4, 0.5) is 0 Å². The summed E-state index contributed by atoms with van der Waals surface area (Å²) in [5.74, 6) is -1.81. The van der Waals surface area contributed by atoms with E-state index >= 15 is 0 Å². The van der Waals surface area contributed by atoms with Crippen LogP contribution in [0.25, 0.3) is 0 Å². The van der Waals surface area contributed by atoms with E-state index < -0.39 is 18.0 Å². The predicted molar refractivity (Wildman–Crippen MR) is 67.5 cm³/mol. The fourth-order valence-corrected chi connectivity index (χ4v) is 1.64. The second kappa shape index (κ2) is 6.67. The zero-order valence-electron chi connectivity index (χ0n) is 9.06. The molecule has 0 saturated carbocycles. The number of amides is 1. The molecule has 0 aliphatic carbocycles. The minimum absolute atomic E-state index is 0.0230. The van der Waals surface area contributed by atoms with Crippen LogP contribution in [-0.2, 0) is 4.79 Å². The normalized spacial score (nSPS) is 11.9. The Kier molecular flexibility index (Phi) is 5.52. The van der Waals surface area contributed by atoms with Crippen LogP contribution in [0.5, 0.6) is 0 Å². The Morgan fingerprint density at radius 3 is 2.83 bits per heavy atom. The number of rotatable bonds is 5. The van der Waals surface area contributed by atoms with Gasteiger partial charge in [0.05, 0.1) is 5.56 Å². The van der Waals surface area contributed by atoms with E-state index in [2.05, 4.69) is 26.2 Å². The van der Waals surface area contributed by atoms with E-state index in [1.807, 2.05) is 0 Å². The van der Waals surface area contributed by atoms with Crippen LogP contribution in [0.15, 0.2) is 16.7 Å². The van der Waals surface area contributed by atoms with Crippen molar-refractivity contribution in [2.45, 2.75) is 12.5 Å². The quantitative estimate of drug-likeness (QED) is 0.698. The maximum absolute atomic E-state index is 11.7. The molecule has 8 heteroatoms. The summed E-state index contributed by atoms with van der Waals surface area (Å²) in [5, 5.41) is 20.0. The number of halogens is 2. The van der Waals surface area contributed by atoms with Crippen LogP contribution in [-0.4, -0.2) is 39.7 Å². The number of carbonyl (C=O) groups excluding carboxylic acids is 1. The SMILES string of the molecule is O=C(NCCC(O)C(=O)O)c1cc(Br)cnc1Cl. The molecular formula is C10H10BrClN2O4. The fraction of sp³-hybridized carbons (Fsp3) is 0.300. The zero-order valence-corrected chi connectivity index (χ0v) is 11.4. The van der Waals surface area contributed by atoms with Crippen molar-refractivity contribution >= 4 is 39.4 Å². The lowest BCUT2D eigenvalue weighted by Gasteiger charge is -2.08. The second-order valence-corrected chi connectivity index (χ2v) is 4.66. The Morgan fingerprint density at radius 1 is 1.56 bits per heavy atom. The number of carboxylic acid groups (broad SMARTS) is 1. The molecule has 6 nitrogen and oxygen atoms in total. The second-order valence-electron chi connectivity index (χ2n) is 3.39. The molecule has 0 fully saturated rings. The summed E-state index contributed by atoms with van der Waals surface area (Å²) in [4.78, 5) is 25.8. The number of carboxylic acids is 1. The Morgan fingerprint density at radius 2 is 2.22 bits per heavy atom. The Bertz CT molecular complexity index is 469. The molecule has 0 radical (unpaired) electrons. The van der Waals surface area contributed by atoms with Gasteiger partial charge in [-0.3, -0.25) is 4.79 Å². The summed E-state index contributed by atoms with van der Waals surface area (Å²) in [5.41, 5.74) is 0.177. The number of hydrogen-bond donors (Lipinski definition) is 3. The smallest absolute Gasteiger partial charge is 0.332 e. The standard InChI is InChI=1S/C10H10BrClN2O4/c11-5-3-6(8(12)14-4-5)9(16)13-2-1-7(15)10(17)18/h3-4,7,15H,1-2H2,(H,13,16)(H,17,18). The first-order chi connectivity index (χ1) is 8.41. The van der Waals surface area contributed by atoms with Gasteiger partial charge in [-0.2, -0.15) is 0 Å². The molecule has 1 atom stereocenters. The lowest BCUT2D eigenvalue weighted by atomic mass is 10.2. The van der Waals surface area contributed by atoms with Crippen molar-refractivity contribution in [1.82, 2.24) is 10.3 Å². The van der Waals surface area contributed by atoms with Crippen LogP contribution < -0.4 is 5.32 Å². The number of nitrogens with zero attached hydrogens (tertiary/aromatic N) is 1. The van der Waals surface area contributed by atoms with Gasteiger partial charge in [-0.15, -0.1) is 0 Å². The number of aliphatic hydroxyl groups is 1. The van der Waals surface area contributed by atoms with Gasteiger partial charge in [-0.1, -0.05) is 11.6 Å². The third kappa shape index (κ3) is 4.25. The Labute approximate surface area is 116 Å². The van der Waals surface area contributed by atoms with Crippen LogP contribution in [0.3, 0.4) is 0 Å². The van der Waals surface area contributed by atoms with Crippen molar-refractivity contribution in [2.75, 3.05) is 6.54 Å². The minimum atomic E-state index is -1.50. The van der Waals surface area contributed by atoms with Crippen molar-refractivity contribution in [3.63, 3.8) is 0 Å². The van der Waals surface area contributed by atoms with Crippen molar-refractivity contribution in [3.8, 4) is 0 Å². The number of carbonyl (C=O) groups is 2. The van der Waals surface area contributed by atoms with Crippen LogP contribution in [0.2, 0.25) is 5.15 Å². The van der Waals surface area contributed by atoms with Gasteiger partial charge in [0, 0.05) is 23.6 Å². The molecule has 1 rings (SSSR count). The van der Waals surface area contributed by atoms with Gasteiger partial charge in [0.15, 0.2) is 6.10 Å². The highest BCUT2D eigenvalue weighted by Gasteiger charge is 2.15. The lowest BCUT2D eigenvalue weighted by molar-refractivity contribution is -0.146. The molecule has 1 aromatic rings. The van der Waals surface area contributed by atoms with E-state index in [1.54, 1.807) is 0 Å². The summed E-state index contributed by atoms with van der Waals surface area (Å²) in [6.45, 7) is 0.0230. The van der Waals surface area contributed by atoms with Crippen LogP contribution in [0.1, 0.15) is 16.8 Å². The maximum atomic E-state index is 11.7. The molecule has 0 spiro atoms. The summed E-state index contributed by atoms with van der Waals surface area (Å²) in [6, 6.07) is 1.50. The molecule has 1 amide bonds. The molecule has 1 unspecified atom stereocenters. The molecule has 1 aromatic heterocycles. The predicted octanol–water partition coefficient (Wildman–Crippen LogP) is 1.06. The Hall–Kier alpha value is -1.18. The first-order valence-electron chi connectivity index (χ1n) is 4.92. The molecule has 1 heterocycles. The topological polar surface area (TPSA) is 99.5 Å². The first kappa shape index (κ1) is 14.9. The molecule has 18 heavy (non-hydrogen) atoms. The third-order valence-corrected chi connectivity index (χ3v) is 2.77. The Balaban J connectivity index is 2.55. The molecule has 0 aliphatic rings. The first-order valence-corrected chi connectivity index (χ1v) is 6.09. The van der Waals surface area contributed by atoms with E-state index in [4.69, 9.17) is 21.8 Å². The number of pyridine rings is 1. The van der Waals surface area contributed by atoms with E-state index in [0.29, 0.717) is 4.47 Å². The van der Waals surface area contributed by atoms with E-state index in [-0.39, 0.29) is 23.7 Å². The van der Waals surface area contributed by atoms with Gasteiger partial charge in [-0.25, -0.2) is 9.78 Å². The van der Waals surface area contributed by atoms with Gasteiger partial charge < -0.3 is 15.5 Å². The van der Waals surface area contributed by atoms with Gasteiger partial charge >= 0.3 is 5.97 Å². The van der Waals surface area contributed by atoms with Crippen molar-refractivity contribution in [1.29, 1.82) is 0 Å². The van der Waals surface area contributed by atoms with Crippen molar-refractivity contribution < 1.29 is 19.8 Å². The highest BCUT2D eigenvalue weighted by Crippen LogP contribution is 2.17. The summed E-state index contributed by atoms with van der Waals surface area (Å²) in [7, 11) is 0. The number of aliphatic carboxylic acids is 1. The van der Waals surface area contributed by atoms with Crippen molar-refractivity contribution in [3.05, 3.63) is 27.5 Å². The number of hydrogen-bond acceptors (Lipinski definition) is 4. The van der Waals surface area contributed by atoms with E-state index in [0.717, 1.165) is 0 Å². The molecule has 98 valence electrons. The largest absolute Gasteiger partial charge is 0.479 e. The van der Waals surface area contributed by atoms with Crippen LogP contribution in [0, 0.1) is 0 Å². The highest BCUT2D eigenvalue weighted by atomic mass is 79.9. The monoisotopic (exact) mass is 336 g/mol. The highest BCUT2D eigenvalue weighted by molar-refractivity contribution is 9.10. The van der Waals surface area contributed by atoms with Crippen LogP contribution >= 0.6 is 27.5 Å². The molecular weight excluding hydrogens is 327 g/mol. The third-order valence-electron chi connectivity index (χ3n) is 2.04. The maximum Gasteiger partial charge on any atom is 0.332 e. The van der Waals surface area contributed by atoms with Gasteiger partial charge in [-0.05, 0) is 22.0 Å². The number of nitrogens with one attached hydrogen (secondary N) is 1. The van der Waals surface area contributed by atoms with Gasteiger partial charge in [0.25, 0.3) is 5.91 Å². The van der Waals surface area contributed by atoms with E-state index in [9.17, 15) is 9.59 Å². The van der Waals surface area contributed by atoms with Crippen molar-refractivity contribution in [2.24, 2.45) is 0 Å². The molecule has 0 bridgehead atoms. The van der Waals surface area contributed by atoms with E-state index in [1.165, 1.54) is 12.3 Å². The number of aliphatic hydroxyl groups excluding tert-OH is 1. The minimum Gasteiger partial charge on any atom is -0.479 e. The molecule has 3 N–H and O–H groups in total.